The highest BCUT2D eigenvalue weighted by Gasteiger charge is 2.17. The summed E-state index contributed by atoms with van der Waals surface area (Å²) in [5.41, 5.74) is 5.43. The van der Waals surface area contributed by atoms with Crippen molar-refractivity contribution in [3.63, 3.8) is 0 Å². The van der Waals surface area contributed by atoms with Crippen molar-refractivity contribution in [1.29, 1.82) is 0 Å². The van der Waals surface area contributed by atoms with Crippen LogP contribution in [0.4, 0.5) is 0 Å². The monoisotopic (exact) mass is 292 g/mol. The molecule has 1 heterocycles. The Bertz CT molecular complexity index is 367. The van der Waals surface area contributed by atoms with Crippen molar-refractivity contribution in [2.45, 2.75) is 32.4 Å². The fraction of sp³-hybridized carbons (Fsp3) is 0.583. The Morgan fingerprint density at radius 3 is 2.67 bits per heavy atom. The van der Waals surface area contributed by atoms with Crippen LogP contribution in [-0.4, -0.2) is 31.7 Å². The topological polar surface area (TPSA) is 64.3 Å². The van der Waals surface area contributed by atoms with Crippen LogP contribution in [0, 0.1) is 6.92 Å². The molecule has 0 fully saturated rings. The molecular formula is C12H21ClN2O2S. The molecule has 2 unspecified atom stereocenters. The van der Waals surface area contributed by atoms with Crippen molar-refractivity contribution in [2.24, 2.45) is 5.73 Å². The highest BCUT2D eigenvalue weighted by Crippen LogP contribution is 2.16. The van der Waals surface area contributed by atoms with Gasteiger partial charge >= 0.3 is 0 Å². The van der Waals surface area contributed by atoms with Gasteiger partial charge in [-0.2, -0.15) is 0 Å². The molecule has 1 rings (SSSR count). The molecule has 0 saturated carbocycles. The minimum atomic E-state index is -0.553. The van der Waals surface area contributed by atoms with E-state index in [0.717, 1.165) is 6.42 Å². The molecule has 0 bridgehead atoms. The second-order valence-electron chi connectivity index (χ2n) is 4.09. The lowest BCUT2D eigenvalue weighted by molar-refractivity contribution is -0.131. The number of nitrogens with two attached hydrogens (primary N) is 1. The zero-order valence-corrected chi connectivity index (χ0v) is 12.6. The van der Waals surface area contributed by atoms with Crippen LogP contribution in [0.3, 0.4) is 0 Å². The molecule has 2 atom stereocenters. The van der Waals surface area contributed by atoms with Crippen molar-refractivity contribution >= 4 is 29.7 Å². The molecule has 1 aromatic rings. The number of hydrogen-bond donors (Lipinski definition) is 2. The lowest BCUT2D eigenvalue weighted by atomic mass is 10.2. The zero-order chi connectivity index (χ0) is 12.8. The molecule has 0 aliphatic heterocycles. The maximum atomic E-state index is 11.7. The molecule has 4 nitrogen and oxygen atoms in total. The third-order valence-electron chi connectivity index (χ3n) is 2.48. The summed E-state index contributed by atoms with van der Waals surface area (Å²) < 4.78 is 4.98. The van der Waals surface area contributed by atoms with E-state index in [1.165, 1.54) is 16.9 Å². The molecule has 104 valence electrons. The van der Waals surface area contributed by atoms with Crippen LogP contribution in [0.15, 0.2) is 12.1 Å². The van der Waals surface area contributed by atoms with E-state index in [9.17, 15) is 4.79 Å². The van der Waals surface area contributed by atoms with Crippen molar-refractivity contribution in [2.75, 3.05) is 13.7 Å². The first kappa shape index (κ1) is 17.4. The van der Waals surface area contributed by atoms with Gasteiger partial charge in [0.1, 0.15) is 6.10 Å². The van der Waals surface area contributed by atoms with E-state index in [0.29, 0.717) is 0 Å². The van der Waals surface area contributed by atoms with Crippen molar-refractivity contribution in [1.82, 2.24) is 5.32 Å². The van der Waals surface area contributed by atoms with Gasteiger partial charge in [0.05, 0.1) is 0 Å². The summed E-state index contributed by atoms with van der Waals surface area (Å²) in [6.45, 7) is 4.26. The average molecular weight is 293 g/mol. The van der Waals surface area contributed by atoms with Crippen LogP contribution in [-0.2, 0) is 16.0 Å². The third kappa shape index (κ3) is 5.35. The highest BCUT2D eigenvalue weighted by atomic mass is 35.5. The predicted molar refractivity (Wildman–Crippen MR) is 77.5 cm³/mol. The smallest absolute Gasteiger partial charge is 0.250 e. The van der Waals surface area contributed by atoms with Crippen molar-refractivity contribution in [3.05, 3.63) is 21.9 Å². The Balaban J connectivity index is 0.00000289. The van der Waals surface area contributed by atoms with E-state index in [1.807, 2.05) is 6.92 Å². The molecule has 1 aromatic heterocycles. The third-order valence-corrected chi connectivity index (χ3v) is 3.51. The average Bonchev–Trinajstić information content (AvgIpc) is 2.65. The number of ether oxygens (including phenoxy) is 1. The maximum absolute atomic E-state index is 11.7. The first-order valence-corrected chi connectivity index (χ1v) is 6.47. The van der Waals surface area contributed by atoms with Gasteiger partial charge in [0.15, 0.2) is 0 Å². The molecular weight excluding hydrogens is 272 g/mol. The van der Waals surface area contributed by atoms with E-state index in [-0.39, 0.29) is 30.9 Å². The fourth-order valence-electron chi connectivity index (χ4n) is 1.59. The van der Waals surface area contributed by atoms with Crippen LogP contribution in [0.2, 0.25) is 0 Å². The second kappa shape index (κ2) is 8.48. The summed E-state index contributed by atoms with van der Waals surface area (Å²) in [6.07, 6.45) is 0.285. The molecule has 0 saturated heterocycles. The zero-order valence-electron chi connectivity index (χ0n) is 10.9. The van der Waals surface area contributed by atoms with Gasteiger partial charge in [0.25, 0.3) is 5.91 Å². The van der Waals surface area contributed by atoms with E-state index >= 15 is 0 Å². The fourth-order valence-corrected chi connectivity index (χ4v) is 2.61. The van der Waals surface area contributed by atoms with Gasteiger partial charge in [-0.25, -0.2) is 0 Å². The first-order valence-electron chi connectivity index (χ1n) is 5.65. The Hall–Kier alpha value is -0.620. The summed E-state index contributed by atoms with van der Waals surface area (Å²) in [5, 5.41) is 2.90. The summed E-state index contributed by atoms with van der Waals surface area (Å²) in [5.74, 6) is -0.143. The van der Waals surface area contributed by atoms with Gasteiger partial charge < -0.3 is 15.8 Å². The Labute approximate surface area is 118 Å². The number of nitrogens with one attached hydrogen (secondary N) is 1. The molecule has 0 spiro atoms. The van der Waals surface area contributed by atoms with Gasteiger partial charge in [-0.15, -0.1) is 23.7 Å². The van der Waals surface area contributed by atoms with Crippen LogP contribution >= 0.6 is 23.7 Å². The van der Waals surface area contributed by atoms with Crippen LogP contribution in [0.1, 0.15) is 16.7 Å². The lowest BCUT2D eigenvalue weighted by Gasteiger charge is -2.17. The van der Waals surface area contributed by atoms with Crippen LogP contribution < -0.4 is 11.1 Å². The van der Waals surface area contributed by atoms with Gasteiger partial charge in [0.2, 0.25) is 0 Å². The van der Waals surface area contributed by atoms with Crippen LogP contribution in [0.5, 0.6) is 0 Å². The summed E-state index contributed by atoms with van der Waals surface area (Å²) >= 11 is 1.76. The normalized spacial score (nSPS) is 13.6. The van der Waals surface area contributed by atoms with E-state index < -0.39 is 6.10 Å². The molecule has 1 amide bonds. The number of aryl methyl sites for hydroxylation is 1. The minimum Gasteiger partial charge on any atom is -0.370 e. The van der Waals surface area contributed by atoms with E-state index in [1.54, 1.807) is 11.3 Å². The maximum Gasteiger partial charge on any atom is 0.250 e. The van der Waals surface area contributed by atoms with Gasteiger partial charge in [-0.1, -0.05) is 0 Å². The van der Waals surface area contributed by atoms with Gasteiger partial charge in [0, 0.05) is 35.9 Å². The number of amides is 1. The molecule has 0 aliphatic rings. The molecule has 0 aromatic carbocycles. The second-order valence-corrected chi connectivity index (χ2v) is 5.46. The number of halogens is 1. The minimum absolute atomic E-state index is 0. The summed E-state index contributed by atoms with van der Waals surface area (Å²) in [7, 11) is 1.49. The van der Waals surface area contributed by atoms with Crippen molar-refractivity contribution < 1.29 is 9.53 Å². The molecule has 0 aliphatic carbocycles. The van der Waals surface area contributed by atoms with Gasteiger partial charge in [-0.05, 0) is 26.0 Å². The molecule has 0 radical (unpaired) electrons. The molecule has 6 heteroatoms. The Morgan fingerprint density at radius 1 is 1.56 bits per heavy atom. The number of hydrogen-bond acceptors (Lipinski definition) is 4. The standard InChI is InChI=1S/C12H20N2O2S.ClH/c1-8(6-10-5-4-9(2)17-10)14-12(15)11(7-13)16-3;/h4-5,8,11H,6-7,13H2,1-3H3,(H,14,15);1H. The van der Waals surface area contributed by atoms with Crippen molar-refractivity contribution in [3.8, 4) is 0 Å². The highest BCUT2D eigenvalue weighted by molar-refractivity contribution is 7.11. The number of carbonyl (C=O) groups excluding carboxylic acids is 1. The van der Waals surface area contributed by atoms with E-state index in [2.05, 4.69) is 24.4 Å². The van der Waals surface area contributed by atoms with Crippen LogP contribution in [0.25, 0.3) is 0 Å². The number of carbonyl (C=O) groups is 1. The lowest BCUT2D eigenvalue weighted by Crippen LogP contribution is -2.44. The molecule has 3 N–H and O–H groups in total. The van der Waals surface area contributed by atoms with E-state index in [4.69, 9.17) is 10.5 Å². The number of methoxy groups -OCH3 is 1. The largest absolute Gasteiger partial charge is 0.370 e. The Kier molecular flexibility index (Phi) is 8.18. The number of thiophene rings is 1. The SMILES string of the molecule is COC(CN)C(=O)NC(C)Cc1ccc(C)s1.Cl. The predicted octanol–water partition coefficient (Wildman–Crippen LogP) is 1.50. The summed E-state index contributed by atoms with van der Waals surface area (Å²) in [4.78, 5) is 14.3. The first-order chi connectivity index (χ1) is 8.06. The van der Waals surface area contributed by atoms with Gasteiger partial charge in [-0.3, -0.25) is 4.79 Å². The summed E-state index contributed by atoms with van der Waals surface area (Å²) in [6, 6.07) is 4.27. The molecule has 18 heavy (non-hydrogen) atoms. The quantitative estimate of drug-likeness (QED) is 0.835. The Morgan fingerprint density at radius 2 is 2.22 bits per heavy atom. The number of rotatable bonds is 6.